The Labute approximate surface area is 101 Å². The largest absolute Gasteiger partial charge is 0.313 e. The van der Waals surface area contributed by atoms with E-state index < -0.39 is 10.0 Å². The average molecular weight is 267 g/mol. The van der Waals surface area contributed by atoms with Crippen LogP contribution in [0.5, 0.6) is 0 Å². The molecule has 1 aromatic rings. The summed E-state index contributed by atoms with van der Waals surface area (Å²) >= 11 is 0. The van der Waals surface area contributed by atoms with E-state index in [2.05, 4.69) is 15.5 Å². The van der Waals surface area contributed by atoms with Gasteiger partial charge in [-0.25, -0.2) is 8.42 Å². The molecule has 0 unspecified atom stereocenters. The summed E-state index contributed by atoms with van der Waals surface area (Å²) in [7, 11) is -1.78. The van der Waals surface area contributed by atoms with E-state index in [1.54, 1.807) is 14.0 Å². The summed E-state index contributed by atoms with van der Waals surface area (Å²) in [5.74, 6) is 0. The topological polar surface area (TPSA) is 78.1 Å². The highest BCUT2D eigenvalue weighted by Crippen LogP contribution is 2.19. The fourth-order valence-electron chi connectivity index (χ4n) is 1.48. The zero-order valence-electron chi connectivity index (χ0n) is 9.10. The van der Waals surface area contributed by atoms with Gasteiger partial charge in [0.25, 0.3) is 0 Å². The lowest BCUT2D eigenvalue weighted by atomic mass is 10.2. The number of halogens is 1. The molecule has 0 aromatic carbocycles. The van der Waals surface area contributed by atoms with Crippen LogP contribution in [-0.2, 0) is 10.0 Å². The van der Waals surface area contributed by atoms with Gasteiger partial charge in [-0.15, -0.1) is 12.4 Å². The van der Waals surface area contributed by atoms with Crippen LogP contribution in [0.1, 0.15) is 5.69 Å². The van der Waals surface area contributed by atoms with Crippen molar-refractivity contribution in [3.05, 3.63) is 11.9 Å². The first-order valence-electron chi connectivity index (χ1n) is 4.72. The second-order valence-electron chi connectivity index (χ2n) is 3.69. The van der Waals surface area contributed by atoms with Crippen molar-refractivity contribution in [2.45, 2.75) is 17.9 Å². The number of H-pyrrole nitrogens is 1. The van der Waals surface area contributed by atoms with E-state index in [1.165, 1.54) is 10.5 Å². The minimum atomic E-state index is -3.39. The molecule has 92 valence electrons. The van der Waals surface area contributed by atoms with E-state index >= 15 is 0 Å². The van der Waals surface area contributed by atoms with Crippen LogP contribution in [0.4, 0.5) is 0 Å². The third-order valence-corrected chi connectivity index (χ3v) is 4.74. The van der Waals surface area contributed by atoms with Gasteiger partial charge in [-0.1, -0.05) is 0 Å². The Hall–Kier alpha value is -0.630. The number of rotatable bonds is 3. The summed E-state index contributed by atoms with van der Waals surface area (Å²) in [6, 6.07) is 0.0595. The number of nitrogens with zero attached hydrogens (tertiary/aromatic N) is 2. The number of aromatic nitrogens is 2. The van der Waals surface area contributed by atoms with Crippen LogP contribution in [0.25, 0.3) is 0 Å². The summed E-state index contributed by atoms with van der Waals surface area (Å²) in [4.78, 5) is 0.261. The molecule has 1 aliphatic rings. The predicted octanol–water partition coefficient (Wildman–Crippen LogP) is -0.268. The maximum atomic E-state index is 12.1. The van der Waals surface area contributed by atoms with Gasteiger partial charge in [0.05, 0.1) is 11.9 Å². The highest BCUT2D eigenvalue weighted by molar-refractivity contribution is 7.89. The van der Waals surface area contributed by atoms with Crippen molar-refractivity contribution in [2.24, 2.45) is 0 Å². The molecular weight excluding hydrogens is 252 g/mol. The van der Waals surface area contributed by atoms with Crippen LogP contribution in [0.15, 0.2) is 11.1 Å². The lowest BCUT2D eigenvalue weighted by molar-refractivity contribution is 0.274. The molecule has 1 aromatic heterocycles. The molecule has 0 saturated carbocycles. The molecule has 1 fully saturated rings. The molecule has 0 atom stereocenters. The van der Waals surface area contributed by atoms with Crippen LogP contribution in [0.2, 0.25) is 0 Å². The van der Waals surface area contributed by atoms with Gasteiger partial charge in [0.1, 0.15) is 4.90 Å². The summed E-state index contributed by atoms with van der Waals surface area (Å²) < 4.78 is 25.6. The molecule has 16 heavy (non-hydrogen) atoms. The fourth-order valence-corrected chi connectivity index (χ4v) is 2.95. The summed E-state index contributed by atoms with van der Waals surface area (Å²) in [6.45, 7) is 3.13. The van der Waals surface area contributed by atoms with Gasteiger partial charge in [-0.3, -0.25) is 5.10 Å². The molecular formula is C8H15ClN4O2S. The van der Waals surface area contributed by atoms with Crippen LogP contribution >= 0.6 is 12.4 Å². The Morgan fingerprint density at radius 3 is 2.50 bits per heavy atom. The second kappa shape index (κ2) is 4.70. The fraction of sp³-hybridized carbons (Fsp3) is 0.625. The van der Waals surface area contributed by atoms with Crippen molar-refractivity contribution in [3.8, 4) is 0 Å². The van der Waals surface area contributed by atoms with Crippen molar-refractivity contribution < 1.29 is 8.42 Å². The van der Waals surface area contributed by atoms with Crippen LogP contribution in [-0.4, -0.2) is 49.1 Å². The molecule has 2 N–H and O–H groups in total. The highest BCUT2D eigenvalue weighted by Gasteiger charge is 2.33. The zero-order chi connectivity index (χ0) is 11.1. The van der Waals surface area contributed by atoms with E-state index in [1.807, 2.05) is 0 Å². The van der Waals surface area contributed by atoms with E-state index in [4.69, 9.17) is 0 Å². The Bertz CT molecular complexity index is 454. The summed E-state index contributed by atoms with van der Waals surface area (Å²) in [6.07, 6.45) is 1.35. The second-order valence-corrected chi connectivity index (χ2v) is 5.66. The van der Waals surface area contributed by atoms with Crippen molar-refractivity contribution in [3.63, 3.8) is 0 Å². The SMILES string of the molecule is Cc1[nH]ncc1S(=O)(=O)N(C)C1CNC1.Cl. The third-order valence-electron chi connectivity index (χ3n) is 2.71. The van der Waals surface area contributed by atoms with Crippen molar-refractivity contribution >= 4 is 22.4 Å². The number of sulfonamides is 1. The van der Waals surface area contributed by atoms with E-state index in [9.17, 15) is 8.42 Å². The lowest BCUT2D eigenvalue weighted by Gasteiger charge is -2.34. The molecule has 6 nitrogen and oxygen atoms in total. The lowest BCUT2D eigenvalue weighted by Crippen LogP contribution is -2.57. The van der Waals surface area contributed by atoms with E-state index in [-0.39, 0.29) is 23.3 Å². The number of likely N-dealkylation sites (N-methyl/N-ethyl adjacent to an activating group) is 1. The standard InChI is InChI=1S/C8H14N4O2S.ClH/c1-6-8(5-10-11-6)15(13,14)12(2)7-3-9-4-7;/h5,7,9H,3-4H2,1-2H3,(H,10,11);1H. The average Bonchev–Trinajstić information content (AvgIpc) is 2.48. The zero-order valence-corrected chi connectivity index (χ0v) is 10.7. The number of hydrogen-bond donors (Lipinski definition) is 2. The maximum absolute atomic E-state index is 12.1. The number of aryl methyl sites for hydroxylation is 1. The van der Waals surface area contributed by atoms with Gasteiger partial charge in [-0.05, 0) is 6.92 Å². The molecule has 0 aliphatic carbocycles. The monoisotopic (exact) mass is 266 g/mol. The van der Waals surface area contributed by atoms with Gasteiger partial charge in [0, 0.05) is 26.2 Å². The van der Waals surface area contributed by atoms with Gasteiger partial charge in [-0.2, -0.15) is 9.40 Å². The molecule has 0 spiro atoms. The number of hydrogen-bond acceptors (Lipinski definition) is 4. The van der Waals surface area contributed by atoms with Gasteiger partial charge in [0.2, 0.25) is 10.0 Å². The van der Waals surface area contributed by atoms with Crippen LogP contribution < -0.4 is 5.32 Å². The van der Waals surface area contributed by atoms with E-state index in [0.717, 1.165) is 0 Å². The quantitative estimate of drug-likeness (QED) is 0.790. The maximum Gasteiger partial charge on any atom is 0.246 e. The Balaban J connectivity index is 0.00000128. The molecule has 1 aliphatic heterocycles. The smallest absolute Gasteiger partial charge is 0.246 e. The minimum absolute atomic E-state index is 0. The summed E-state index contributed by atoms with van der Waals surface area (Å²) in [5.41, 5.74) is 0.578. The van der Waals surface area contributed by atoms with Crippen molar-refractivity contribution in [1.82, 2.24) is 19.8 Å². The third kappa shape index (κ3) is 2.08. The van der Waals surface area contributed by atoms with Crippen LogP contribution in [0, 0.1) is 6.92 Å². The van der Waals surface area contributed by atoms with Gasteiger partial charge < -0.3 is 5.32 Å². The van der Waals surface area contributed by atoms with Crippen molar-refractivity contribution in [2.75, 3.05) is 20.1 Å². The Morgan fingerprint density at radius 1 is 1.50 bits per heavy atom. The predicted molar refractivity (Wildman–Crippen MR) is 62.2 cm³/mol. The first-order valence-corrected chi connectivity index (χ1v) is 6.16. The molecule has 0 bridgehead atoms. The number of nitrogens with one attached hydrogen (secondary N) is 2. The molecule has 2 rings (SSSR count). The molecule has 0 radical (unpaired) electrons. The molecule has 1 saturated heterocycles. The summed E-state index contributed by atoms with van der Waals surface area (Å²) in [5, 5.41) is 9.40. The Morgan fingerprint density at radius 2 is 2.12 bits per heavy atom. The minimum Gasteiger partial charge on any atom is -0.313 e. The van der Waals surface area contributed by atoms with Gasteiger partial charge >= 0.3 is 0 Å². The highest BCUT2D eigenvalue weighted by atomic mass is 35.5. The molecule has 0 amide bonds. The molecule has 8 heteroatoms. The number of aromatic amines is 1. The first-order chi connectivity index (χ1) is 7.03. The Kier molecular flexibility index (Phi) is 3.95. The first kappa shape index (κ1) is 13.4. The molecule has 2 heterocycles. The van der Waals surface area contributed by atoms with E-state index in [0.29, 0.717) is 18.8 Å². The van der Waals surface area contributed by atoms with Gasteiger partial charge in [0.15, 0.2) is 0 Å². The van der Waals surface area contributed by atoms with Crippen molar-refractivity contribution in [1.29, 1.82) is 0 Å². The normalized spacial score (nSPS) is 16.9. The van der Waals surface area contributed by atoms with Crippen LogP contribution in [0.3, 0.4) is 0 Å².